The van der Waals surface area contributed by atoms with Gasteiger partial charge in [0, 0.05) is 0 Å². The van der Waals surface area contributed by atoms with Crippen LogP contribution in [0.2, 0.25) is 0 Å². The van der Waals surface area contributed by atoms with Gasteiger partial charge in [0.2, 0.25) is 5.91 Å². The maximum atomic E-state index is 12.0. The highest BCUT2D eigenvalue weighted by molar-refractivity contribution is 5.91. The van der Waals surface area contributed by atoms with Crippen molar-refractivity contribution in [2.75, 3.05) is 19.0 Å². The van der Waals surface area contributed by atoms with Gasteiger partial charge in [-0.25, -0.2) is 4.79 Å². The SMILES string of the molecule is CCOC(=O)Cn1ncc(NC(=O)Cc2cccc(OC)c2)n1. The molecule has 0 saturated heterocycles. The average molecular weight is 318 g/mol. The van der Waals surface area contributed by atoms with Crippen LogP contribution in [0.1, 0.15) is 12.5 Å². The van der Waals surface area contributed by atoms with Crippen LogP contribution in [0.25, 0.3) is 0 Å². The van der Waals surface area contributed by atoms with Crippen molar-refractivity contribution in [1.82, 2.24) is 15.0 Å². The van der Waals surface area contributed by atoms with Crippen molar-refractivity contribution in [2.24, 2.45) is 0 Å². The normalized spacial score (nSPS) is 10.2. The summed E-state index contributed by atoms with van der Waals surface area (Å²) in [5.74, 6) is 0.302. The lowest BCUT2D eigenvalue weighted by Gasteiger charge is -2.04. The summed E-state index contributed by atoms with van der Waals surface area (Å²) in [6, 6.07) is 7.25. The Kier molecular flexibility index (Phi) is 5.67. The number of amides is 1. The molecule has 2 aromatic rings. The molecule has 0 fully saturated rings. The van der Waals surface area contributed by atoms with Gasteiger partial charge in [-0.3, -0.25) is 4.79 Å². The number of ether oxygens (including phenoxy) is 2. The van der Waals surface area contributed by atoms with Crippen LogP contribution in [-0.4, -0.2) is 40.6 Å². The molecular weight excluding hydrogens is 300 g/mol. The van der Waals surface area contributed by atoms with Gasteiger partial charge in [0.1, 0.15) is 5.75 Å². The fourth-order valence-corrected chi connectivity index (χ4v) is 1.91. The number of methoxy groups -OCH3 is 1. The number of anilines is 1. The largest absolute Gasteiger partial charge is 0.497 e. The Hall–Kier alpha value is -2.90. The lowest BCUT2D eigenvalue weighted by atomic mass is 10.1. The van der Waals surface area contributed by atoms with Gasteiger partial charge < -0.3 is 14.8 Å². The van der Waals surface area contributed by atoms with Gasteiger partial charge in [-0.2, -0.15) is 9.90 Å². The van der Waals surface area contributed by atoms with Crippen molar-refractivity contribution in [2.45, 2.75) is 19.9 Å². The van der Waals surface area contributed by atoms with E-state index in [1.807, 2.05) is 18.2 Å². The molecule has 0 aliphatic carbocycles. The first-order chi connectivity index (χ1) is 11.1. The highest BCUT2D eigenvalue weighted by Gasteiger charge is 2.10. The van der Waals surface area contributed by atoms with Gasteiger partial charge >= 0.3 is 5.97 Å². The standard InChI is InChI=1S/C15H18N4O4/c1-3-23-15(21)10-19-16-9-13(18-19)17-14(20)8-11-5-4-6-12(7-11)22-2/h4-7,9H,3,8,10H2,1-2H3,(H,17,18,20). The molecule has 0 saturated carbocycles. The molecule has 1 N–H and O–H groups in total. The zero-order valence-electron chi connectivity index (χ0n) is 13.0. The van der Waals surface area contributed by atoms with Crippen molar-refractivity contribution in [3.05, 3.63) is 36.0 Å². The molecule has 0 atom stereocenters. The van der Waals surface area contributed by atoms with E-state index in [0.717, 1.165) is 5.56 Å². The Morgan fingerprint density at radius 3 is 2.91 bits per heavy atom. The van der Waals surface area contributed by atoms with Crippen LogP contribution in [0.15, 0.2) is 30.5 Å². The maximum absolute atomic E-state index is 12.0. The number of carbonyl (C=O) groups excluding carboxylic acids is 2. The molecule has 1 aromatic heterocycles. The van der Waals surface area contributed by atoms with Gasteiger partial charge in [0.15, 0.2) is 12.4 Å². The van der Waals surface area contributed by atoms with Crippen molar-refractivity contribution in [1.29, 1.82) is 0 Å². The fraction of sp³-hybridized carbons (Fsp3) is 0.333. The molecule has 0 radical (unpaired) electrons. The lowest BCUT2D eigenvalue weighted by Crippen LogP contribution is -2.17. The number of nitrogens with one attached hydrogen (secondary N) is 1. The Labute approximate surface area is 133 Å². The van der Waals surface area contributed by atoms with Crippen molar-refractivity contribution in [3.8, 4) is 5.75 Å². The number of carbonyl (C=O) groups is 2. The van der Waals surface area contributed by atoms with Crippen molar-refractivity contribution < 1.29 is 19.1 Å². The van der Waals surface area contributed by atoms with Crippen LogP contribution in [0, 0.1) is 0 Å². The quantitative estimate of drug-likeness (QED) is 0.766. The van der Waals surface area contributed by atoms with Crippen LogP contribution >= 0.6 is 0 Å². The molecule has 1 amide bonds. The second-order valence-electron chi connectivity index (χ2n) is 4.64. The van der Waals surface area contributed by atoms with E-state index < -0.39 is 5.97 Å². The highest BCUT2D eigenvalue weighted by atomic mass is 16.5. The first kappa shape index (κ1) is 16.5. The van der Waals surface area contributed by atoms with Crippen molar-refractivity contribution in [3.63, 3.8) is 0 Å². The summed E-state index contributed by atoms with van der Waals surface area (Å²) in [7, 11) is 1.57. The van der Waals surface area contributed by atoms with Gasteiger partial charge in [-0.15, -0.1) is 5.10 Å². The monoisotopic (exact) mass is 318 g/mol. The Bertz CT molecular complexity index is 684. The van der Waals surface area contributed by atoms with Crippen LogP contribution < -0.4 is 10.1 Å². The van der Waals surface area contributed by atoms with Gasteiger partial charge in [-0.1, -0.05) is 12.1 Å². The molecule has 0 bridgehead atoms. The molecular formula is C15H18N4O4. The topological polar surface area (TPSA) is 95.3 Å². The van der Waals surface area contributed by atoms with Crippen LogP contribution in [0.4, 0.5) is 5.82 Å². The molecule has 0 aliphatic rings. The number of esters is 1. The zero-order valence-corrected chi connectivity index (χ0v) is 13.0. The number of nitrogens with zero attached hydrogens (tertiary/aromatic N) is 3. The molecule has 8 nitrogen and oxygen atoms in total. The molecule has 1 aromatic carbocycles. The third-order valence-corrected chi connectivity index (χ3v) is 2.88. The third kappa shape index (κ3) is 5.10. The predicted octanol–water partition coefficient (Wildman–Crippen LogP) is 1.03. The molecule has 23 heavy (non-hydrogen) atoms. The third-order valence-electron chi connectivity index (χ3n) is 2.88. The minimum absolute atomic E-state index is 0.0976. The van der Waals surface area contributed by atoms with Crippen LogP contribution in [-0.2, 0) is 27.3 Å². The first-order valence-electron chi connectivity index (χ1n) is 7.09. The first-order valence-corrected chi connectivity index (χ1v) is 7.09. The molecule has 0 unspecified atom stereocenters. The summed E-state index contributed by atoms with van der Waals surface area (Å²) in [6.07, 6.45) is 1.56. The van der Waals surface area contributed by atoms with Crippen LogP contribution in [0.5, 0.6) is 5.75 Å². The van der Waals surface area contributed by atoms with E-state index in [-0.39, 0.29) is 24.7 Å². The van der Waals surface area contributed by atoms with E-state index in [0.29, 0.717) is 12.4 Å². The number of aromatic nitrogens is 3. The summed E-state index contributed by atoms with van der Waals surface area (Å²) in [5, 5.41) is 10.5. The number of benzene rings is 1. The number of rotatable bonds is 7. The van der Waals surface area contributed by atoms with Crippen LogP contribution in [0.3, 0.4) is 0 Å². The Morgan fingerprint density at radius 1 is 1.35 bits per heavy atom. The molecule has 2 rings (SSSR count). The van der Waals surface area contributed by atoms with Crippen molar-refractivity contribution >= 4 is 17.7 Å². The van der Waals surface area contributed by atoms with E-state index in [1.165, 1.54) is 11.0 Å². The average Bonchev–Trinajstić information content (AvgIpc) is 2.94. The Morgan fingerprint density at radius 2 is 2.17 bits per heavy atom. The summed E-state index contributed by atoms with van der Waals surface area (Å²) in [4.78, 5) is 24.5. The Balaban J connectivity index is 1.90. The lowest BCUT2D eigenvalue weighted by molar-refractivity contribution is -0.144. The molecule has 122 valence electrons. The van der Waals surface area contributed by atoms with E-state index in [9.17, 15) is 9.59 Å². The van der Waals surface area contributed by atoms with E-state index in [2.05, 4.69) is 15.5 Å². The van der Waals surface area contributed by atoms with Gasteiger partial charge in [-0.05, 0) is 24.6 Å². The highest BCUT2D eigenvalue weighted by Crippen LogP contribution is 2.13. The van der Waals surface area contributed by atoms with Gasteiger partial charge in [0.25, 0.3) is 0 Å². The van der Waals surface area contributed by atoms with E-state index in [4.69, 9.17) is 9.47 Å². The summed E-state index contributed by atoms with van der Waals surface area (Å²) in [5.41, 5.74) is 0.820. The molecule has 0 spiro atoms. The minimum atomic E-state index is -0.433. The smallest absolute Gasteiger partial charge is 0.329 e. The predicted molar refractivity (Wildman–Crippen MR) is 82.0 cm³/mol. The fourth-order valence-electron chi connectivity index (χ4n) is 1.91. The molecule has 8 heteroatoms. The number of hydrogen-bond acceptors (Lipinski definition) is 6. The van der Waals surface area contributed by atoms with E-state index >= 15 is 0 Å². The second-order valence-corrected chi connectivity index (χ2v) is 4.64. The summed E-state index contributed by atoms with van der Waals surface area (Å²) >= 11 is 0. The molecule has 0 aliphatic heterocycles. The molecule has 1 heterocycles. The van der Waals surface area contributed by atoms with E-state index in [1.54, 1.807) is 20.1 Å². The second kappa shape index (κ2) is 7.92. The zero-order chi connectivity index (χ0) is 16.7. The summed E-state index contributed by atoms with van der Waals surface area (Å²) < 4.78 is 9.91. The summed E-state index contributed by atoms with van der Waals surface area (Å²) in [6.45, 7) is 1.92. The van der Waals surface area contributed by atoms with Gasteiger partial charge in [0.05, 0.1) is 26.3 Å². The minimum Gasteiger partial charge on any atom is -0.497 e. The maximum Gasteiger partial charge on any atom is 0.329 e. The number of hydrogen-bond donors (Lipinski definition) is 1.